The van der Waals surface area contributed by atoms with E-state index in [2.05, 4.69) is 56.2 Å². The van der Waals surface area contributed by atoms with Crippen LogP contribution in [0.5, 0.6) is 0 Å². The summed E-state index contributed by atoms with van der Waals surface area (Å²) in [4.78, 5) is 2.45. The Morgan fingerprint density at radius 2 is 1.90 bits per heavy atom. The fraction of sp³-hybridized carbons (Fsp3) is 0.444. The Morgan fingerprint density at radius 3 is 2.50 bits per heavy atom. The lowest BCUT2D eigenvalue weighted by atomic mass is 9.94. The number of morpholine rings is 1. The van der Waals surface area contributed by atoms with Crippen molar-refractivity contribution in [1.29, 1.82) is 0 Å². The molecule has 0 aromatic heterocycles. The van der Waals surface area contributed by atoms with Crippen LogP contribution in [0.4, 0.5) is 0 Å². The predicted octanol–water partition coefficient (Wildman–Crippen LogP) is 3.84. The average Bonchev–Trinajstić information content (AvgIpc) is 2.41. The number of benzene rings is 1. The van der Waals surface area contributed by atoms with Gasteiger partial charge >= 0.3 is 0 Å². The van der Waals surface area contributed by atoms with Crippen molar-refractivity contribution >= 4 is 11.1 Å². The lowest BCUT2D eigenvalue weighted by Gasteiger charge is -2.42. The van der Waals surface area contributed by atoms with Gasteiger partial charge in [0.2, 0.25) is 0 Å². The molecule has 1 aliphatic rings. The lowest BCUT2D eigenvalue weighted by molar-refractivity contribution is -0.0439. The van der Waals surface area contributed by atoms with Crippen LogP contribution in [0.1, 0.15) is 31.9 Å². The predicted molar refractivity (Wildman–Crippen MR) is 86.7 cm³/mol. The van der Waals surface area contributed by atoms with Crippen molar-refractivity contribution in [1.82, 2.24) is 4.90 Å². The Bertz CT molecular complexity index is 516. The minimum Gasteiger partial charge on any atom is -0.378 e. The number of hydrogen-bond donors (Lipinski definition) is 0. The molecule has 0 aliphatic carbocycles. The Kier molecular flexibility index (Phi) is 4.46. The first kappa shape index (κ1) is 15.0. The molecule has 1 heterocycles. The van der Waals surface area contributed by atoms with E-state index in [1.165, 1.54) is 11.1 Å². The molecular formula is C18H25NO. The fourth-order valence-corrected chi connectivity index (χ4v) is 2.66. The molecule has 1 saturated heterocycles. The summed E-state index contributed by atoms with van der Waals surface area (Å²) in [6, 6.07) is 8.38. The molecule has 0 saturated carbocycles. The van der Waals surface area contributed by atoms with E-state index in [-0.39, 0.29) is 5.54 Å². The van der Waals surface area contributed by atoms with Crippen molar-refractivity contribution in [3.05, 3.63) is 48.6 Å². The third-order valence-electron chi connectivity index (χ3n) is 3.97. The van der Waals surface area contributed by atoms with Gasteiger partial charge in [0, 0.05) is 18.6 Å². The second-order valence-corrected chi connectivity index (χ2v) is 6.22. The summed E-state index contributed by atoms with van der Waals surface area (Å²) in [5.41, 5.74) is 4.71. The first-order chi connectivity index (χ1) is 9.42. The highest BCUT2D eigenvalue weighted by atomic mass is 16.5. The summed E-state index contributed by atoms with van der Waals surface area (Å²) in [5, 5.41) is 0. The van der Waals surface area contributed by atoms with Crippen LogP contribution in [0.15, 0.2) is 37.4 Å². The van der Waals surface area contributed by atoms with E-state index in [0.717, 1.165) is 37.4 Å². The maximum atomic E-state index is 5.58. The largest absolute Gasteiger partial charge is 0.378 e. The minimum absolute atomic E-state index is 0.0688. The first-order valence-electron chi connectivity index (χ1n) is 7.17. The molecule has 0 bridgehead atoms. The van der Waals surface area contributed by atoms with Crippen LogP contribution in [0.25, 0.3) is 11.1 Å². The maximum absolute atomic E-state index is 5.58. The second-order valence-electron chi connectivity index (χ2n) is 6.22. The standard InChI is InChI=1S/C18H25NO/c1-14(2)16-8-6-7-9-17(16)15(3)12-19-10-11-20-13-18(19,4)5/h6-9H,1,3,10-13H2,2,4-5H3. The van der Waals surface area contributed by atoms with Gasteiger partial charge in [-0.15, -0.1) is 0 Å². The monoisotopic (exact) mass is 271 g/mol. The molecule has 1 fully saturated rings. The van der Waals surface area contributed by atoms with Crippen molar-refractivity contribution < 1.29 is 4.74 Å². The zero-order valence-corrected chi connectivity index (χ0v) is 12.9. The normalized spacial score (nSPS) is 18.8. The molecule has 0 radical (unpaired) electrons. The molecule has 2 nitrogen and oxygen atoms in total. The van der Waals surface area contributed by atoms with E-state index in [1.807, 2.05) is 6.92 Å². The minimum atomic E-state index is 0.0688. The quantitative estimate of drug-likeness (QED) is 0.825. The topological polar surface area (TPSA) is 12.5 Å². The van der Waals surface area contributed by atoms with Crippen molar-refractivity contribution in [3.8, 4) is 0 Å². The van der Waals surface area contributed by atoms with Crippen LogP contribution >= 0.6 is 0 Å². The Balaban J connectivity index is 2.18. The van der Waals surface area contributed by atoms with E-state index in [1.54, 1.807) is 0 Å². The van der Waals surface area contributed by atoms with E-state index in [4.69, 9.17) is 4.74 Å². The SMILES string of the molecule is C=C(C)c1ccccc1C(=C)CN1CCOCC1(C)C. The summed E-state index contributed by atoms with van der Waals surface area (Å²) >= 11 is 0. The Hall–Kier alpha value is -1.38. The molecular weight excluding hydrogens is 246 g/mol. The van der Waals surface area contributed by atoms with E-state index < -0.39 is 0 Å². The van der Waals surface area contributed by atoms with Gasteiger partial charge in [-0.1, -0.05) is 43.0 Å². The van der Waals surface area contributed by atoms with E-state index in [9.17, 15) is 0 Å². The molecule has 0 N–H and O–H groups in total. The summed E-state index contributed by atoms with van der Waals surface area (Å²) in [7, 11) is 0. The fourth-order valence-electron chi connectivity index (χ4n) is 2.66. The molecule has 1 aromatic carbocycles. The smallest absolute Gasteiger partial charge is 0.0645 e. The maximum Gasteiger partial charge on any atom is 0.0645 e. The van der Waals surface area contributed by atoms with Crippen LogP contribution in [-0.4, -0.2) is 36.7 Å². The summed E-state index contributed by atoms with van der Waals surface area (Å²) < 4.78 is 5.58. The molecule has 0 unspecified atom stereocenters. The first-order valence-corrected chi connectivity index (χ1v) is 7.17. The number of nitrogens with zero attached hydrogens (tertiary/aromatic N) is 1. The number of ether oxygens (including phenoxy) is 1. The van der Waals surface area contributed by atoms with Gasteiger partial charge in [-0.3, -0.25) is 4.90 Å². The number of hydrogen-bond acceptors (Lipinski definition) is 2. The van der Waals surface area contributed by atoms with E-state index in [0.29, 0.717) is 0 Å². The molecule has 0 atom stereocenters. The zero-order chi connectivity index (χ0) is 14.8. The van der Waals surface area contributed by atoms with Gasteiger partial charge in [0.15, 0.2) is 0 Å². The van der Waals surface area contributed by atoms with Crippen LogP contribution in [0, 0.1) is 0 Å². The van der Waals surface area contributed by atoms with Gasteiger partial charge < -0.3 is 4.74 Å². The van der Waals surface area contributed by atoms with E-state index >= 15 is 0 Å². The highest BCUT2D eigenvalue weighted by Crippen LogP contribution is 2.27. The molecule has 20 heavy (non-hydrogen) atoms. The van der Waals surface area contributed by atoms with Crippen LogP contribution < -0.4 is 0 Å². The van der Waals surface area contributed by atoms with Crippen LogP contribution in [0.2, 0.25) is 0 Å². The molecule has 1 aliphatic heterocycles. The number of allylic oxidation sites excluding steroid dienone is 1. The Morgan fingerprint density at radius 1 is 1.25 bits per heavy atom. The summed E-state index contributed by atoms with van der Waals surface area (Å²) in [5.74, 6) is 0. The summed E-state index contributed by atoms with van der Waals surface area (Å²) in [6.45, 7) is 18.3. The third-order valence-corrected chi connectivity index (χ3v) is 3.97. The molecule has 0 amide bonds. The summed E-state index contributed by atoms with van der Waals surface area (Å²) in [6.07, 6.45) is 0. The average molecular weight is 271 g/mol. The van der Waals surface area contributed by atoms with Crippen molar-refractivity contribution in [3.63, 3.8) is 0 Å². The van der Waals surface area contributed by atoms with Crippen molar-refractivity contribution in [2.24, 2.45) is 0 Å². The Labute approximate surface area is 122 Å². The second kappa shape index (κ2) is 5.94. The van der Waals surface area contributed by atoms with Crippen LogP contribution in [-0.2, 0) is 4.74 Å². The molecule has 1 aromatic rings. The van der Waals surface area contributed by atoms with Gasteiger partial charge in [-0.25, -0.2) is 0 Å². The van der Waals surface area contributed by atoms with Crippen molar-refractivity contribution in [2.45, 2.75) is 26.3 Å². The number of rotatable bonds is 4. The third kappa shape index (κ3) is 3.20. The van der Waals surface area contributed by atoms with Gasteiger partial charge in [0.05, 0.1) is 13.2 Å². The highest BCUT2D eigenvalue weighted by Gasteiger charge is 2.30. The molecule has 2 heteroatoms. The van der Waals surface area contributed by atoms with Crippen molar-refractivity contribution in [2.75, 3.05) is 26.3 Å². The molecule has 2 rings (SSSR count). The van der Waals surface area contributed by atoms with Gasteiger partial charge in [0.25, 0.3) is 0 Å². The molecule has 108 valence electrons. The lowest BCUT2D eigenvalue weighted by Crippen LogP contribution is -2.53. The van der Waals surface area contributed by atoms with Gasteiger partial charge in [0.1, 0.15) is 0 Å². The van der Waals surface area contributed by atoms with Crippen LogP contribution in [0.3, 0.4) is 0 Å². The molecule has 0 spiro atoms. The highest BCUT2D eigenvalue weighted by molar-refractivity contribution is 5.78. The van der Waals surface area contributed by atoms with Gasteiger partial charge in [-0.2, -0.15) is 0 Å². The zero-order valence-electron chi connectivity index (χ0n) is 12.9. The van der Waals surface area contributed by atoms with Gasteiger partial charge in [-0.05, 0) is 37.5 Å².